The van der Waals surface area contributed by atoms with E-state index in [1.807, 2.05) is 0 Å². The molecule has 0 N–H and O–H groups in total. The number of carbonyl (C=O) groups excluding carboxylic acids is 1. The summed E-state index contributed by atoms with van der Waals surface area (Å²) in [4.78, 5) is 14.4. The Bertz CT molecular complexity index is 816. The Hall–Kier alpha value is -1.96. The highest BCUT2D eigenvalue weighted by atomic mass is 32.2. The summed E-state index contributed by atoms with van der Waals surface area (Å²) in [6, 6.07) is 9.63. The predicted molar refractivity (Wildman–Crippen MR) is 95.9 cm³/mol. The van der Waals surface area contributed by atoms with Crippen LogP contribution in [-0.2, 0) is 9.53 Å². The number of nitrogens with zero attached hydrogens (tertiary/aromatic N) is 1. The van der Waals surface area contributed by atoms with E-state index in [0.717, 1.165) is 0 Å². The topological polar surface area (TPSA) is 42.7 Å². The maximum atomic E-state index is 13.3. The van der Waals surface area contributed by atoms with Gasteiger partial charge in [0.1, 0.15) is 21.7 Å². The van der Waals surface area contributed by atoms with Gasteiger partial charge in [-0.05, 0) is 24.3 Å². The highest BCUT2D eigenvalue weighted by molar-refractivity contribution is 8.26. The van der Waals surface area contributed by atoms with E-state index in [0.29, 0.717) is 39.5 Å². The summed E-state index contributed by atoms with van der Waals surface area (Å²) in [7, 11) is 1.57. The van der Waals surface area contributed by atoms with Crippen molar-refractivity contribution in [2.45, 2.75) is 0 Å². The van der Waals surface area contributed by atoms with Crippen LogP contribution in [0.2, 0.25) is 0 Å². The molecule has 1 aromatic carbocycles. The van der Waals surface area contributed by atoms with Crippen molar-refractivity contribution in [2.75, 3.05) is 20.3 Å². The number of furan rings is 1. The summed E-state index contributed by atoms with van der Waals surface area (Å²) in [5.41, 5.74) is 0.641. The summed E-state index contributed by atoms with van der Waals surface area (Å²) in [6.45, 7) is 0.843. The lowest BCUT2D eigenvalue weighted by molar-refractivity contribution is -0.122. The minimum absolute atomic E-state index is 0.161. The molecule has 0 saturated carbocycles. The van der Waals surface area contributed by atoms with Gasteiger partial charge in [-0.25, -0.2) is 4.39 Å². The van der Waals surface area contributed by atoms with Gasteiger partial charge in [-0.15, -0.1) is 0 Å². The van der Waals surface area contributed by atoms with Crippen molar-refractivity contribution in [3.8, 4) is 11.3 Å². The fourth-order valence-electron chi connectivity index (χ4n) is 2.23. The van der Waals surface area contributed by atoms with Crippen molar-refractivity contribution >= 4 is 40.3 Å². The van der Waals surface area contributed by atoms with Gasteiger partial charge in [0.15, 0.2) is 0 Å². The van der Waals surface area contributed by atoms with E-state index in [4.69, 9.17) is 21.4 Å². The van der Waals surface area contributed by atoms with Gasteiger partial charge in [0.25, 0.3) is 5.91 Å². The number of benzene rings is 1. The van der Waals surface area contributed by atoms with Crippen LogP contribution in [0.5, 0.6) is 0 Å². The van der Waals surface area contributed by atoms with Crippen molar-refractivity contribution < 1.29 is 18.3 Å². The zero-order valence-electron chi connectivity index (χ0n) is 12.8. The molecule has 1 aromatic heterocycles. The molecule has 0 bridgehead atoms. The normalized spacial score (nSPS) is 16.4. The number of amides is 1. The average molecular weight is 363 g/mol. The zero-order valence-corrected chi connectivity index (χ0v) is 14.5. The number of methoxy groups -OCH3 is 1. The molecular weight excluding hydrogens is 349 g/mol. The zero-order chi connectivity index (χ0) is 17.1. The minimum atomic E-state index is -0.329. The Balaban J connectivity index is 1.80. The highest BCUT2D eigenvalue weighted by Crippen LogP contribution is 2.33. The molecule has 0 spiro atoms. The Kier molecular flexibility index (Phi) is 5.13. The second kappa shape index (κ2) is 7.29. The minimum Gasteiger partial charge on any atom is -0.457 e. The molecule has 0 radical (unpaired) electrons. The molecule has 1 aliphatic rings. The van der Waals surface area contributed by atoms with Crippen LogP contribution in [-0.4, -0.2) is 35.4 Å². The molecule has 1 aliphatic heterocycles. The van der Waals surface area contributed by atoms with E-state index in [2.05, 4.69) is 0 Å². The Morgan fingerprint density at radius 2 is 2.21 bits per heavy atom. The molecule has 2 aromatic rings. The van der Waals surface area contributed by atoms with Crippen LogP contribution >= 0.6 is 24.0 Å². The molecule has 1 amide bonds. The molecule has 124 valence electrons. The van der Waals surface area contributed by atoms with Gasteiger partial charge in [-0.3, -0.25) is 9.69 Å². The SMILES string of the molecule is COCCN1C(=O)/C(=C\c2ccc(-c3cccc(F)c3)o2)SC1=S. The number of hydrogen-bond acceptors (Lipinski definition) is 5. The van der Waals surface area contributed by atoms with Gasteiger partial charge >= 0.3 is 0 Å². The first kappa shape index (κ1) is 16.9. The van der Waals surface area contributed by atoms with Gasteiger partial charge in [-0.1, -0.05) is 36.1 Å². The smallest absolute Gasteiger partial charge is 0.266 e. The van der Waals surface area contributed by atoms with E-state index >= 15 is 0 Å². The van der Waals surface area contributed by atoms with Crippen molar-refractivity contribution in [1.29, 1.82) is 0 Å². The molecule has 3 rings (SSSR count). The summed E-state index contributed by atoms with van der Waals surface area (Å²) in [5, 5.41) is 0. The lowest BCUT2D eigenvalue weighted by Crippen LogP contribution is -2.31. The second-order valence-electron chi connectivity index (χ2n) is 5.04. The van der Waals surface area contributed by atoms with Crippen molar-refractivity contribution in [3.63, 3.8) is 0 Å². The first-order valence-electron chi connectivity index (χ1n) is 7.18. The largest absolute Gasteiger partial charge is 0.457 e. The lowest BCUT2D eigenvalue weighted by atomic mass is 10.2. The number of carbonyl (C=O) groups is 1. The van der Waals surface area contributed by atoms with Crippen molar-refractivity contribution in [2.24, 2.45) is 0 Å². The number of halogens is 1. The molecule has 4 nitrogen and oxygen atoms in total. The number of thiocarbonyl (C=S) groups is 1. The molecule has 0 unspecified atom stereocenters. The first-order valence-corrected chi connectivity index (χ1v) is 8.41. The molecular formula is C17H14FNO3S2. The predicted octanol–water partition coefficient (Wildman–Crippen LogP) is 3.93. The second-order valence-corrected chi connectivity index (χ2v) is 6.71. The Morgan fingerprint density at radius 3 is 2.96 bits per heavy atom. The van der Waals surface area contributed by atoms with Gasteiger partial charge in [0, 0.05) is 18.7 Å². The van der Waals surface area contributed by atoms with Gasteiger partial charge in [0.05, 0.1) is 18.1 Å². The third kappa shape index (κ3) is 3.58. The third-order valence-corrected chi connectivity index (χ3v) is 4.78. The molecule has 0 atom stereocenters. The maximum Gasteiger partial charge on any atom is 0.266 e. The molecule has 7 heteroatoms. The van der Waals surface area contributed by atoms with Gasteiger partial charge in [0.2, 0.25) is 0 Å². The molecule has 0 aliphatic carbocycles. The standard InChI is InChI=1S/C17H14FNO3S2/c1-21-8-7-19-16(20)15(24-17(19)23)10-13-5-6-14(22-13)11-3-2-4-12(18)9-11/h2-6,9-10H,7-8H2,1H3/b15-10+. The first-order chi connectivity index (χ1) is 11.6. The van der Waals surface area contributed by atoms with Gasteiger partial charge < -0.3 is 9.15 Å². The lowest BCUT2D eigenvalue weighted by Gasteiger charge is -2.12. The van der Waals surface area contributed by atoms with Crippen LogP contribution < -0.4 is 0 Å². The summed E-state index contributed by atoms with van der Waals surface area (Å²) < 4.78 is 24.5. The van der Waals surface area contributed by atoms with Crippen LogP contribution in [0.1, 0.15) is 5.76 Å². The van der Waals surface area contributed by atoms with Gasteiger partial charge in [-0.2, -0.15) is 0 Å². The number of rotatable bonds is 5. The van der Waals surface area contributed by atoms with Crippen LogP contribution in [0.3, 0.4) is 0 Å². The summed E-state index contributed by atoms with van der Waals surface area (Å²) in [5.74, 6) is 0.562. The van der Waals surface area contributed by atoms with Crippen LogP contribution in [0, 0.1) is 5.82 Å². The van der Waals surface area contributed by atoms with Crippen molar-refractivity contribution in [1.82, 2.24) is 4.90 Å². The summed E-state index contributed by atoms with van der Waals surface area (Å²) >= 11 is 6.45. The fraction of sp³-hybridized carbons (Fsp3) is 0.176. The number of hydrogen-bond donors (Lipinski definition) is 0. The molecule has 24 heavy (non-hydrogen) atoms. The van der Waals surface area contributed by atoms with E-state index in [-0.39, 0.29) is 11.7 Å². The third-order valence-electron chi connectivity index (χ3n) is 3.40. The van der Waals surface area contributed by atoms with Crippen molar-refractivity contribution in [3.05, 3.63) is 52.9 Å². The molecule has 2 heterocycles. The van der Waals surface area contributed by atoms with E-state index in [1.165, 1.54) is 28.8 Å². The van der Waals surface area contributed by atoms with E-state index in [1.54, 1.807) is 37.5 Å². The van der Waals surface area contributed by atoms with E-state index < -0.39 is 0 Å². The Morgan fingerprint density at radius 1 is 1.38 bits per heavy atom. The number of ether oxygens (including phenoxy) is 1. The average Bonchev–Trinajstić information content (AvgIpc) is 3.12. The highest BCUT2D eigenvalue weighted by Gasteiger charge is 2.31. The Labute approximate surface area is 148 Å². The van der Waals surface area contributed by atoms with Crippen LogP contribution in [0.25, 0.3) is 17.4 Å². The monoisotopic (exact) mass is 363 g/mol. The van der Waals surface area contributed by atoms with Crippen LogP contribution in [0.4, 0.5) is 4.39 Å². The van der Waals surface area contributed by atoms with Crippen LogP contribution in [0.15, 0.2) is 45.7 Å². The summed E-state index contributed by atoms with van der Waals surface area (Å²) in [6.07, 6.45) is 1.65. The number of thioether (sulfide) groups is 1. The maximum absolute atomic E-state index is 13.3. The molecule has 1 saturated heterocycles. The quantitative estimate of drug-likeness (QED) is 0.595. The van der Waals surface area contributed by atoms with E-state index in [9.17, 15) is 9.18 Å². The molecule has 1 fully saturated rings. The fourth-order valence-corrected chi connectivity index (χ4v) is 3.52.